The Morgan fingerprint density at radius 2 is 1.80 bits per heavy atom. The van der Waals surface area contributed by atoms with E-state index in [4.69, 9.17) is 16.3 Å². The molecule has 0 unspecified atom stereocenters. The minimum atomic E-state index is -4.34. The van der Waals surface area contributed by atoms with E-state index in [0.29, 0.717) is 41.5 Å². The number of carbonyl (C=O) groups is 1. The van der Waals surface area contributed by atoms with Crippen molar-refractivity contribution in [2.45, 2.75) is 51.3 Å². The molecule has 1 aliphatic heterocycles. The van der Waals surface area contributed by atoms with E-state index in [0.717, 1.165) is 55.0 Å². The van der Waals surface area contributed by atoms with Crippen LogP contribution in [0.5, 0.6) is 5.75 Å². The van der Waals surface area contributed by atoms with Crippen molar-refractivity contribution >= 4 is 28.8 Å². The molecule has 1 saturated heterocycles. The number of imidazole rings is 1. The predicted octanol–water partition coefficient (Wildman–Crippen LogP) is 6.83. The first-order valence-electron chi connectivity index (χ1n) is 13.4. The Morgan fingerprint density at radius 3 is 2.45 bits per heavy atom. The van der Waals surface area contributed by atoms with Crippen LogP contribution in [0, 0.1) is 5.41 Å². The molecule has 1 saturated carbocycles. The molecular weight excluding hydrogens is 541 g/mol. The largest absolute Gasteiger partial charge is 0.490 e. The third-order valence-corrected chi connectivity index (χ3v) is 8.12. The van der Waals surface area contributed by atoms with Crippen LogP contribution < -0.4 is 9.64 Å². The lowest BCUT2D eigenvalue weighted by atomic mass is 9.61. The Balaban J connectivity index is 0.992. The van der Waals surface area contributed by atoms with Gasteiger partial charge in [-0.3, -0.25) is 9.20 Å². The zero-order valence-electron chi connectivity index (χ0n) is 21.9. The van der Waals surface area contributed by atoms with Gasteiger partial charge >= 0.3 is 6.18 Å². The number of hydrogen-bond acceptors (Lipinski definition) is 5. The maximum Gasteiger partial charge on any atom is 0.416 e. The van der Waals surface area contributed by atoms with Crippen LogP contribution in [0.25, 0.3) is 5.78 Å². The van der Waals surface area contributed by atoms with Crippen LogP contribution in [0.1, 0.15) is 53.5 Å². The number of rotatable bonds is 8. The van der Waals surface area contributed by atoms with Gasteiger partial charge in [0.05, 0.1) is 22.5 Å². The van der Waals surface area contributed by atoms with Gasteiger partial charge < -0.3 is 9.64 Å². The Labute approximate surface area is 234 Å². The van der Waals surface area contributed by atoms with Gasteiger partial charge in [-0.05, 0) is 67.6 Å². The Hall–Kier alpha value is -3.59. The quantitative estimate of drug-likeness (QED) is 0.218. The summed E-state index contributed by atoms with van der Waals surface area (Å²) in [6.07, 6.45) is 2.32. The van der Waals surface area contributed by atoms with Crippen molar-refractivity contribution in [3.63, 3.8) is 0 Å². The van der Waals surface area contributed by atoms with Crippen LogP contribution in [-0.2, 0) is 19.0 Å². The van der Waals surface area contributed by atoms with Crippen molar-refractivity contribution in [2.24, 2.45) is 5.41 Å². The molecule has 6 rings (SSSR count). The average Bonchev–Trinajstić information content (AvgIpc) is 3.26. The van der Waals surface area contributed by atoms with Crippen molar-refractivity contribution in [2.75, 3.05) is 18.0 Å². The number of benzene rings is 2. The number of halogens is 4. The number of aromatic nitrogens is 3. The average molecular weight is 569 g/mol. The van der Waals surface area contributed by atoms with Gasteiger partial charge in [-0.2, -0.15) is 13.2 Å². The number of ketones is 1. The Kier molecular flexibility index (Phi) is 6.73. The van der Waals surface area contributed by atoms with Crippen LogP contribution in [0.4, 0.5) is 18.9 Å². The molecule has 3 heterocycles. The second-order valence-electron chi connectivity index (χ2n) is 10.8. The number of carbonyl (C=O) groups excluding carboxylic acids is 1. The SMILES string of the molecule is CCc1nc2ncc(Cl)cn2c1C(=O)CCc1ccc(N2CC3(CC(Oc4ccc(C(F)(F)F)cc4)C3)C2)cc1. The number of anilines is 1. The van der Waals surface area contributed by atoms with Crippen molar-refractivity contribution in [1.82, 2.24) is 14.4 Å². The molecule has 40 heavy (non-hydrogen) atoms. The molecule has 6 nitrogen and oxygen atoms in total. The molecule has 0 N–H and O–H groups in total. The molecule has 0 amide bonds. The fourth-order valence-electron chi connectivity index (χ4n) is 5.86. The van der Waals surface area contributed by atoms with Gasteiger partial charge in [0.2, 0.25) is 5.78 Å². The Bertz CT molecular complexity index is 1540. The second kappa shape index (κ2) is 10.1. The highest BCUT2D eigenvalue weighted by Gasteiger charge is 2.53. The predicted molar refractivity (Wildman–Crippen MR) is 146 cm³/mol. The number of ether oxygens (including phenoxy) is 1. The first kappa shape index (κ1) is 26.6. The topological polar surface area (TPSA) is 59.7 Å². The molecule has 2 aliphatic rings. The highest BCUT2D eigenvalue weighted by Crippen LogP contribution is 2.51. The second-order valence-corrected chi connectivity index (χ2v) is 11.3. The van der Waals surface area contributed by atoms with Crippen LogP contribution in [0.3, 0.4) is 0 Å². The van der Waals surface area contributed by atoms with Crippen LogP contribution in [0.2, 0.25) is 5.02 Å². The summed E-state index contributed by atoms with van der Waals surface area (Å²) >= 11 is 6.10. The summed E-state index contributed by atoms with van der Waals surface area (Å²) < 4.78 is 45.8. The van der Waals surface area contributed by atoms with E-state index in [1.54, 1.807) is 10.6 Å². The van der Waals surface area contributed by atoms with Crippen LogP contribution in [0.15, 0.2) is 60.9 Å². The van der Waals surface area contributed by atoms with Gasteiger partial charge in [-0.15, -0.1) is 0 Å². The van der Waals surface area contributed by atoms with E-state index in [9.17, 15) is 18.0 Å². The molecular formula is C30H28ClF3N4O2. The van der Waals surface area contributed by atoms with Gasteiger partial charge in [0, 0.05) is 36.8 Å². The highest BCUT2D eigenvalue weighted by molar-refractivity contribution is 6.30. The van der Waals surface area contributed by atoms with Gasteiger partial charge in [-0.25, -0.2) is 9.97 Å². The summed E-state index contributed by atoms with van der Waals surface area (Å²) in [5.74, 6) is 0.969. The third kappa shape index (κ3) is 5.14. The van der Waals surface area contributed by atoms with Gasteiger partial charge in [0.25, 0.3) is 0 Å². The van der Waals surface area contributed by atoms with Gasteiger partial charge in [0.15, 0.2) is 5.78 Å². The number of fused-ring (bicyclic) bond motifs is 1. The third-order valence-electron chi connectivity index (χ3n) is 7.92. The van der Waals surface area contributed by atoms with E-state index in [1.165, 1.54) is 18.3 Å². The monoisotopic (exact) mass is 568 g/mol. The van der Waals surface area contributed by atoms with Crippen LogP contribution >= 0.6 is 11.6 Å². The maximum absolute atomic E-state index is 13.1. The fourth-order valence-corrected chi connectivity index (χ4v) is 6.00. The molecule has 4 aromatic rings. The maximum atomic E-state index is 13.1. The molecule has 208 valence electrons. The first-order chi connectivity index (χ1) is 19.1. The van der Waals surface area contributed by atoms with E-state index in [2.05, 4.69) is 39.1 Å². The summed E-state index contributed by atoms with van der Waals surface area (Å²) in [5, 5.41) is 0.453. The standard InChI is InChI=1S/C30H28ClF3N4O2/c1-2-25-27(38-16-21(31)15-35-28(38)36-25)26(39)12-5-19-3-8-22(9-4-19)37-17-29(18-37)13-24(14-29)40-23-10-6-20(7-11-23)30(32,33)34/h3-4,6-11,15-16,24H,2,5,12-14,17-18H2,1H3. The first-order valence-corrected chi connectivity index (χ1v) is 13.7. The molecule has 2 aromatic heterocycles. The van der Waals surface area contributed by atoms with Crippen molar-refractivity contribution in [1.29, 1.82) is 0 Å². The number of hydrogen-bond donors (Lipinski definition) is 0. The zero-order valence-corrected chi connectivity index (χ0v) is 22.7. The van der Waals surface area contributed by atoms with E-state index in [-0.39, 0.29) is 17.3 Å². The van der Waals surface area contributed by atoms with E-state index >= 15 is 0 Å². The molecule has 2 fully saturated rings. The van der Waals surface area contributed by atoms with Crippen molar-refractivity contribution in [3.05, 3.63) is 88.5 Å². The summed E-state index contributed by atoms with van der Waals surface area (Å²) in [5.41, 5.74) is 3.05. The molecule has 1 spiro atoms. The zero-order chi connectivity index (χ0) is 28.1. The number of alkyl halides is 3. The van der Waals surface area contributed by atoms with Crippen molar-refractivity contribution in [3.8, 4) is 5.75 Å². The number of nitrogens with zero attached hydrogens (tertiary/aromatic N) is 4. The Morgan fingerprint density at radius 1 is 1.10 bits per heavy atom. The molecule has 0 bridgehead atoms. The minimum Gasteiger partial charge on any atom is -0.490 e. The molecule has 0 radical (unpaired) electrons. The van der Waals surface area contributed by atoms with E-state index in [1.807, 2.05) is 6.92 Å². The lowest BCUT2D eigenvalue weighted by Gasteiger charge is -2.59. The minimum absolute atomic E-state index is 0.0141. The normalized spacial score (nSPS) is 16.7. The summed E-state index contributed by atoms with van der Waals surface area (Å²) in [7, 11) is 0. The summed E-state index contributed by atoms with van der Waals surface area (Å²) in [6.45, 7) is 3.83. The van der Waals surface area contributed by atoms with Gasteiger partial charge in [-0.1, -0.05) is 30.7 Å². The summed E-state index contributed by atoms with van der Waals surface area (Å²) in [4.78, 5) is 24.2. The lowest BCUT2D eigenvalue weighted by molar-refractivity contribution is -0.137. The fraction of sp³-hybridized carbons (Fsp3) is 0.367. The van der Waals surface area contributed by atoms with Crippen molar-refractivity contribution < 1.29 is 22.7 Å². The summed E-state index contributed by atoms with van der Waals surface area (Å²) in [6, 6.07) is 13.2. The van der Waals surface area contributed by atoms with E-state index < -0.39 is 11.7 Å². The number of Topliss-reactive ketones (excluding diaryl/α,β-unsaturated/α-hetero) is 1. The molecule has 1 aliphatic carbocycles. The van der Waals surface area contributed by atoms with Gasteiger partial charge in [0.1, 0.15) is 17.5 Å². The lowest BCUT2D eigenvalue weighted by Crippen LogP contribution is -2.64. The number of aryl methyl sites for hydroxylation is 2. The highest BCUT2D eigenvalue weighted by atomic mass is 35.5. The molecule has 0 atom stereocenters. The molecule has 10 heteroatoms. The smallest absolute Gasteiger partial charge is 0.416 e. The molecule has 2 aromatic carbocycles. The van der Waals surface area contributed by atoms with Crippen LogP contribution in [-0.4, -0.2) is 39.3 Å².